The highest BCUT2D eigenvalue weighted by Crippen LogP contribution is 2.22. The van der Waals surface area contributed by atoms with E-state index in [2.05, 4.69) is 15.9 Å². The summed E-state index contributed by atoms with van der Waals surface area (Å²) in [6.45, 7) is 0.886. The summed E-state index contributed by atoms with van der Waals surface area (Å²) in [7, 11) is 0. The Balaban J connectivity index is 1.96. The van der Waals surface area contributed by atoms with Crippen molar-refractivity contribution >= 4 is 33.4 Å². The van der Waals surface area contributed by atoms with E-state index >= 15 is 0 Å². The van der Waals surface area contributed by atoms with Crippen LogP contribution < -0.4 is 0 Å². The number of carbonyl (C=O) groups excluding carboxylic acids is 1. The van der Waals surface area contributed by atoms with Crippen LogP contribution in [0.15, 0.2) is 28.7 Å². The summed E-state index contributed by atoms with van der Waals surface area (Å²) in [5.41, 5.74) is 1.07. The van der Waals surface area contributed by atoms with Crippen molar-refractivity contribution in [3.05, 3.63) is 34.3 Å². The first-order valence-corrected chi connectivity index (χ1v) is 7.63. The van der Waals surface area contributed by atoms with Crippen LogP contribution in [-0.2, 0) is 11.2 Å². The molecule has 2 nitrogen and oxygen atoms in total. The molecule has 18 heavy (non-hydrogen) atoms. The molecule has 1 unspecified atom stereocenters. The van der Waals surface area contributed by atoms with E-state index in [4.69, 9.17) is 11.6 Å². The normalized spacial score (nSPS) is 19.2. The van der Waals surface area contributed by atoms with Crippen LogP contribution in [0.1, 0.15) is 24.8 Å². The van der Waals surface area contributed by atoms with Gasteiger partial charge < -0.3 is 4.90 Å². The molecule has 1 heterocycles. The van der Waals surface area contributed by atoms with Gasteiger partial charge in [-0.2, -0.15) is 0 Å². The Labute approximate surface area is 121 Å². The molecule has 1 aliphatic rings. The van der Waals surface area contributed by atoms with Gasteiger partial charge in [0.2, 0.25) is 5.91 Å². The first kappa shape index (κ1) is 13.9. The second-order valence-electron chi connectivity index (χ2n) is 4.66. The van der Waals surface area contributed by atoms with Gasteiger partial charge in [0.05, 0.1) is 6.42 Å². The Morgan fingerprint density at radius 3 is 2.78 bits per heavy atom. The molecule has 1 aromatic rings. The van der Waals surface area contributed by atoms with E-state index in [1.165, 1.54) is 0 Å². The van der Waals surface area contributed by atoms with Crippen molar-refractivity contribution in [3.63, 3.8) is 0 Å². The highest BCUT2D eigenvalue weighted by atomic mass is 79.9. The Morgan fingerprint density at radius 2 is 2.11 bits per heavy atom. The number of nitrogens with zero attached hydrogens (tertiary/aromatic N) is 1. The van der Waals surface area contributed by atoms with Gasteiger partial charge in [0.15, 0.2) is 0 Å². The Hall–Kier alpha value is -0.540. The monoisotopic (exact) mass is 329 g/mol. The number of carbonyl (C=O) groups is 1. The molecule has 0 bridgehead atoms. The van der Waals surface area contributed by atoms with E-state index in [1.807, 2.05) is 29.2 Å². The standard InChI is InChI=1S/C14H17BrClNO/c15-12-5-3-11(4-6-12)10-14(18)17-9-1-2-13(17)7-8-16/h3-6,13H,1-2,7-10H2. The van der Waals surface area contributed by atoms with Crippen molar-refractivity contribution in [1.82, 2.24) is 4.90 Å². The molecule has 1 aliphatic heterocycles. The fourth-order valence-corrected chi connectivity index (χ4v) is 2.98. The number of hydrogen-bond donors (Lipinski definition) is 0. The SMILES string of the molecule is O=C(Cc1ccc(Br)cc1)N1CCCC1CCCl. The lowest BCUT2D eigenvalue weighted by atomic mass is 10.1. The number of hydrogen-bond acceptors (Lipinski definition) is 1. The molecule has 1 aromatic carbocycles. The third-order valence-electron chi connectivity index (χ3n) is 3.41. The summed E-state index contributed by atoms with van der Waals surface area (Å²) >= 11 is 9.18. The van der Waals surface area contributed by atoms with Gasteiger partial charge >= 0.3 is 0 Å². The lowest BCUT2D eigenvalue weighted by molar-refractivity contribution is -0.131. The zero-order valence-electron chi connectivity index (χ0n) is 10.2. The minimum Gasteiger partial charge on any atom is -0.339 e. The summed E-state index contributed by atoms with van der Waals surface area (Å²) in [6.07, 6.45) is 3.60. The fraction of sp³-hybridized carbons (Fsp3) is 0.500. The Morgan fingerprint density at radius 1 is 1.39 bits per heavy atom. The predicted octanol–water partition coefficient (Wildman–Crippen LogP) is 3.61. The minimum atomic E-state index is 0.227. The maximum Gasteiger partial charge on any atom is 0.227 e. The van der Waals surface area contributed by atoms with Gasteiger partial charge in [-0.1, -0.05) is 28.1 Å². The van der Waals surface area contributed by atoms with Crippen molar-refractivity contribution in [2.75, 3.05) is 12.4 Å². The molecule has 2 rings (SSSR count). The van der Waals surface area contributed by atoms with Crippen LogP contribution >= 0.6 is 27.5 Å². The molecule has 0 aromatic heterocycles. The summed E-state index contributed by atoms with van der Waals surface area (Å²) in [5.74, 6) is 0.858. The summed E-state index contributed by atoms with van der Waals surface area (Å²) < 4.78 is 1.04. The topological polar surface area (TPSA) is 20.3 Å². The minimum absolute atomic E-state index is 0.227. The Bertz CT molecular complexity index is 407. The van der Waals surface area contributed by atoms with Crippen LogP contribution in [0.4, 0.5) is 0 Å². The van der Waals surface area contributed by atoms with Gasteiger partial charge in [0.1, 0.15) is 0 Å². The lowest BCUT2D eigenvalue weighted by Crippen LogP contribution is -2.36. The van der Waals surface area contributed by atoms with E-state index in [-0.39, 0.29) is 5.91 Å². The van der Waals surface area contributed by atoms with E-state index in [0.717, 1.165) is 35.8 Å². The van der Waals surface area contributed by atoms with E-state index in [0.29, 0.717) is 18.3 Å². The number of likely N-dealkylation sites (tertiary alicyclic amines) is 1. The van der Waals surface area contributed by atoms with Gasteiger partial charge in [0.25, 0.3) is 0 Å². The molecule has 0 saturated carbocycles. The molecule has 1 saturated heterocycles. The number of alkyl halides is 1. The van der Waals surface area contributed by atoms with Gasteiger partial charge in [-0.3, -0.25) is 4.79 Å². The predicted molar refractivity (Wildman–Crippen MR) is 77.9 cm³/mol. The fourth-order valence-electron chi connectivity index (χ4n) is 2.47. The van der Waals surface area contributed by atoms with E-state index < -0.39 is 0 Å². The van der Waals surface area contributed by atoms with E-state index in [1.54, 1.807) is 0 Å². The van der Waals surface area contributed by atoms with Crippen LogP contribution in [0.5, 0.6) is 0 Å². The van der Waals surface area contributed by atoms with Crippen LogP contribution in [0.25, 0.3) is 0 Å². The van der Waals surface area contributed by atoms with Crippen molar-refractivity contribution in [2.45, 2.75) is 31.7 Å². The van der Waals surface area contributed by atoms with Gasteiger partial charge in [-0.25, -0.2) is 0 Å². The van der Waals surface area contributed by atoms with Crippen LogP contribution in [0, 0.1) is 0 Å². The highest BCUT2D eigenvalue weighted by molar-refractivity contribution is 9.10. The van der Waals surface area contributed by atoms with Crippen LogP contribution in [0.3, 0.4) is 0 Å². The largest absolute Gasteiger partial charge is 0.339 e. The third-order valence-corrected chi connectivity index (χ3v) is 4.16. The van der Waals surface area contributed by atoms with E-state index in [9.17, 15) is 4.79 Å². The molecule has 1 atom stereocenters. The van der Waals surface area contributed by atoms with Crippen molar-refractivity contribution in [3.8, 4) is 0 Å². The number of amides is 1. The van der Waals surface area contributed by atoms with Gasteiger partial charge in [-0.05, 0) is 37.0 Å². The summed E-state index contributed by atoms with van der Waals surface area (Å²) in [5, 5.41) is 0. The molecule has 1 fully saturated rings. The molecule has 98 valence electrons. The summed E-state index contributed by atoms with van der Waals surface area (Å²) in [4.78, 5) is 14.3. The molecule has 0 aliphatic carbocycles. The van der Waals surface area contributed by atoms with Crippen molar-refractivity contribution < 1.29 is 4.79 Å². The van der Waals surface area contributed by atoms with Gasteiger partial charge in [0, 0.05) is 22.9 Å². The number of halogens is 2. The maximum atomic E-state index is 12.3. The Kier molecular flexibility index (Phi) is 5.07. The summed E-state index contributed by atoms with van der Waals surface area (Å²) in [6, 6.07) is 8.29. The zero-order valence-corrected chi connectivity index (χ0v) is 12.6. The molecule has 1 amide bonds. The maximum absolute atomic E-state index is 12.3. The van der Waals surface area contributed by atoms with Gasteiger partial charge in [-0.15, -0.1) is 11.6 Å². The average molecular weight is 331 g/mol. The van der Waals surface area contributed by atoms with Crippen molar-refractivity contribution in [2.24, 2.45) is 0 Å². The average Bonchev–Trinajstić information content (AvgIpc) is 2.81. The zero-order chi connectivity index (χ0) is 13.0. The second kappa shape index (κ2) is 6.58. The first-order chi connectivity index (χ1) is 8.70. The molecule has 4 heteroatoms. The quantitative estimate of drug-likeness (QED) is 0.772. The number of rotatable bonds is 4. The molecule has 0 N–H and O–H groups in total. The second-order valence-corrected chi connectivity index (χ2v) is 5.96. The molecular weight excluding hydrogens is 314 g/mol. The highest BCUT2D eigenvalue weighted by Gasteiger charge is 2.27. The molecule has 0 spiro atoms. The van der Waals surface area contributed by atoms with Crippen LogP contribution in [0.2, 0.25) is 0 Å². The third kappa shape index (κ3) is 3.48. The molecular formula is C14H17BrClNO. The number of benzene rings is 1. The first-order valence-electron chi connectivity index (χ1n) is 6.30. The van der Waals surface area contributed by atoms with Crippen molar-refractivity contribution in [1.29, 1.82) is 0 Å². The van der Waals surface area contributed by atoms with Crippen LogP contribution in [-0.4, -0.2) is 29.3 Å². The lowest BCUT2D eigenvalue weighted by Gasteiger charge is -2.24. The smallest absolute Gasteiger partial charge is 0.227 e. The molecule has 0 radical (unpaired) electrons.